The van der Waals surface area contributed by atoms with Crippen molar-refractivity contribution < 1.29 is 18.8 Å². The molecule has 1 atom stereocenters. The Morgan fingerprint density at radius 1 is 1.07 bits per heavy atom. The van der Waals surface area contributed by atoms with E-state index in [-0.39, 0.29) is 6.54 Å². The quantitative estimate of drug-likeness (QED) is 0.499. The summed E-state index contributed by atoms with van der Waals surface area (Å²) in [5, 5.41) is 2.39. The summed E-state index contributed by atoms with van der Waals surface area (Å²) in [6.07, 6.45) is 1.55. The lowest BCUT2D eigenvalue weighted by molar-refractivity contribution is -0.144. The van der Waals surface area contributed by atoms with Crippen LogP contribution >= 0.6 is 11.3 Å². The second-order valence-corrected chi connectivity index (χ2v) is 6.92. The third-order valence-electron chi connectivity index (χ3n) is 4.36. The molecule has 1 fully saturated rings. The number of hydrogen-bond donors (Lipinski definition) is 0. The predicted octanol–water partition coefficient (Wildman–Crippen LogP) is 3.46. The number of urea groups is 1. The van der Waals surface area contributed by atoms with Crippen molar-refractivity contribution in [2.24, 2.45) is 0 Å². The highest BCUT2D eigenvalue weighted by atomic mass is 32.1. The van der Waals surface area contributed by atoms with Gasteiger partial charge in [0.15, 0.2) is 10.8 Å². The van der Waals surface area contributed by atoms with Crippen molar-refractivity contribution in [1.82, 2.24) is 14.8 Å². The first-order chi connectivity index (χ1) is 13.1. The van der Waals surface area contributed by atoms with Gasteiger partial charge in [-0.2, -0.15) is 0 Å². The van der Waals surface area contributed by atoms with E-state index in [1.807, 2.05) is 30.3 Å². The van der Waals surface area contributed by atoms with Crippen LogP contribution in [0.4, 0.5) is 4.79 Å². The van der Waals surface area contributed by atoms with Crippen molar-refractivity contribution in [2.75, 3.05) is 0 Å². The molecule has 1 aliphatic heterocycles. The molecule has 4 rings (SSSR count). The van der Waals surface area contributed by atoms with Crippen LogP contribution in [0.2, 0.25) is 0 Å². The first-order valence-corrected chi connectivity index (χ1v) is 9.16. The normalized spacial score (nSPS) is 15.7. The fraction of sp³-hybridized carbons (Fsp3) is 0.158. The zero-order valence-corrected chi connectivity index (χ0v) is 15.2. The summed E-state index contributed by atoms with van der Waals surface area (Å²) in [6, 6.07) is 11.5. The number of carbonyl (C=O) groups excluding carboxylic acids is 3. The molecule has 1 unspecified atom stereocenters. The smallest absolute Gasteiger partial charge is 0.335 e. The third kappa shape index (κ3) is 3.04. The number of thiazole rings is 1. The highest BCUT2D eigenvalue weighted by Crippen LogP contribution is 2.29. The average molecular weight is 381 g/mol. The van der Waals surface area contributed by atoms with Gasteiger partial charge in [-0.05, 0) is 24.6 Å². The van der Waals surface area contributed by atoms with Crippen LogP contribution in [-0.2, 0) is 16.1 Å². The van der Waals surface area contributed by atoms with Crippen molar-refractivity contribution in [3.05, 3.63) is 65.4 Å². The molecule has 136 valence electrons. The number of aromatic nitrogens is 1. The molecule has 7 nitrogen and oxygen atoms in total. The van der Waals surface area contributed by atoms with Gasteiger partial charge in [0.25, 0.3) is 0 Å². The fourth-order valence-corrected chi connectivity index (χ4v) is 3.72. The number of benzene rings is 1. The Bertz CT molecular complexity index is 997. The number of carbonyl (C=O) groups is 3. The molecular formula is C19H15N3O4S. The van der Waals surface area contributed by atoms with Crippen LogP contribution < -0.4 is 0 Å². The first-order valence-electron chi connectivity index (χ1n) is 8.28. The Balaban J connectivity index is 1.55. The van der Waals surface area contributed by atoms with Crippen molar-refractivity contribution in [3.63, 3.8) is 0 Å². The van der Waals surface area contributed by atoms with E-state index in [0.717, 1.165) is 15.4 Å². The number of furan rings is 1. The summed E-state index contributed by atoms with van der Waals surface area (Å²) in [5.74, 6) is -1.05. The van der Waals surface area contributed by atoms with Gasteiger partial charge in [0.2, 0.25) is 0 Å². The van der Waals surface area contributed by atoms with Crippen LogP contribution in [0, 0.1) is 0 Å². The van der Waals surface area contributed by atoms with Gasteiger partial charge in [-0.15, -0.1) is 11.3 Å². The molecular weight excluding hydrogens is 366 g/mol. The minimum Gasteiger partial charge on any atom is -0.462 e. The summed E-state index contributed by atoms with van der Waals surface area (Å²) >= 11 is 1.35. The maximum Gasteiger partial charge on any atom is 0.335 e. The Morgan fingerprint density at radius 2 is 1.85 bits per heavy atom. The molecule has 1 aliphatic rings. The van der Waals surface area contributed by atoms with Gasteiger partial charge >= 0.3 is 17.8 Å². The molecule has 2 aromatic heterocycles. The van der Waals surface area contributed by atoms with Crippen molar-refractivity contribution in [3.8, 4) is 10.8 Å². The first kappa shape index (κ1) is 17.2. The van der Waals surface area contributed by atoms with Crippen LogP contribution in [0.3, 0.4) is 0 Å². The molecule has 0 spiro atoms. The average Bonchev–Trinajstić information content (AvgIpc) is 3.40. The summed E-state index contributed by atoms with van der Waals surface area (Å²) in [7, 11) is 0. The van der Waals surface area contributed by atoms with Crippen LogP contribution in [0.1, 0.15) is 24.2 Å². The molecule has 0 radical (unpaired) electrons. The summed E-state index contributed by atoms with van der Waals surface area (Å²) in [4.78, 5) is 43.8. The molecule has 4 amide bonds. The highest BCUT2D eigenvalue weighted by molar-refractivity contribution is 7.13. The molecule has 0 N–H and O–H groups in total. The maximum atomic E-state index is 12.7. The predicted molar refractivity (Wildman–Crippen MR) is 97.5 cm³/mol. The molecule has 27 heavy (non-hydrogen) atoms. The molecule has 3 aromatic rings. The zero-order valence-electron chi connectivity index (χ0n) is 14.4. The van der Waals surface area contributed by atoms with Crippen molar-refractivity contribution in [1.29, 1.82) is 0 Å². The molecule has 8 heteroatoms. The lowest BCUT2D eigenvalue weighted by atomic mass is 10.1. The van der Waals surface area contributed by atoms with Crippen LogP contribution in [0.5, 0.6) is 0 Å². The van der Waals surface area contributed by atoms with Crippen LogP contribution in [0.15, 0.2) is 58.5 Å². The number of amides is 4. The van der Waals surface area contributed by atoms with Crippen molar-refractivity contribution in [2.45, 2.75) is 19.5 Å². The van der Waals surface area contributed by atoms with Crippen LogP contribution in [0.25, 0.3) is 10.8 Å². The topological polar surface area (TPSA) is 83.7 Å². The Morgan fingerprint density at radius 3 is 2.56 bits per heavy atom. The Labute approximate surface area is 158 Å². The van der Waals surface area contributed by atoms with E-state index < -0.39 is 23.9 Å². The van der Waals surface area contributed by atoms with Gasteiger partial charge in [0.05, 0.1) is 24.5 Å². The van der Waals surface area contributed by atoms with Gasteiger partial charge in [0, 0.05) is 5.38 Å². The summed E-state index contributed by atoms with van der Waals surface area (Å²) < 4.78 is 5.30. The monoisotopic (exact) mass is 381 g/mol. The lowest BCUT2D eigenvalue weighted by Crippen LogP contribution is -2.35. The number of hydrogen-bond acceptors (Lipinski definition) is 6. The van der Waals surface area contributed by atoms with E-state index in [4.69, 9.17) is 4.42 Å². The van der Waals surface area contributed by atoms with E-state index in [1.54, 1.807) is 30.7 Å². The van der Waals surface area contributed by atoms with E-state index >= 15 is 0 Å². The second-order valence-electron chi connectivity index (χ2n) is 6.06. The van der Waals surface area contributed by atoms with Gasteiger partial charge in [0.1, 0.15) is 0 Å². The van der Waals surface area contributed by atoms with Gasteiger partial charge in [-0.25, -0.2) is 19.6 Å². The number of imide groups is 2. The standard InChI is InChI=1S/C19H15N3O4S/c1-12(13-6-3-2-4-7-13)22-18(24)17(23)21(19(22)25)10-14-11-27-16(20-14)15-8-5-9-26-15/h2-9,11-12H,10H2,1H3. The minimum atomic E-state index is -0.838. The van der Waals surface area contributed by atoms with Gasteiger partial charge in [-0.3, -0.25) is 9.59 Å². The fourth-order valence-electron chi connectivity index (χ4n) is 2.94. The lowest BCUT2D eigenvalue weighted by Gasteiger charge is -2.22. The molecule has 0 saturated carbocycles. The molecule has 3 heterocycles. The van der Waals surface area contributed by atoms with Crippen molar-refractivity contribution >= 4 is 29.2 Å². The van der Waals surface area contributed by atoms with E-state index in [0.29, 0.717) is 16.5 Å². The SMILES string of the molecule is CC(c1ccccc1)N1C(=O)C(=O)N(Cc2csc(-c3ccco3)n2)C1=O. The Hall–Kier alpha value is -3.26. The summed E-state index contributed by atoms with van der Waals surface area (Å²) in [5.41, 5.74) is 1.30. The molecule has 1 saturated heterocycles. The number of nitrogens with zero attached hydrogens (tertiary/aromatic N) is 3. The van der Waals surface area contributed by atoms with E-state index in [9.17, 15) is 14.4 Å². The highest BCUT2D eigenvalue weighted by Gasteiger charge is 2.47. The van der Waals surface area contributed by atoms with Crippen LogP contribution in [-0.4, -0.2) is 32.6 Å². The van der Waals surface area contributed by atoms with E-state index in [2.05, 4.69) is 4.98 Å². The zero-order chi connectivity index (χ0) is 19.0. The molecule has 1 aromatic carbocycles. The largest absolute Gasteiger partial charge is 0.462 e. The van der Waals surface area contributed by atoms with Gasteiger partial charge in [-0.1, -0.05) is 30.3 Å². The summed E-state index contributed by atoms with van der Waals surface area (Å²) in [6.45, 7) is 1.67. The maximum absolute atomic E-state index is 12.7. The minimum absolute atomic E-state index is 0.0569. The number of rotatable bonds is 5. The van der Waals surface area contributed by atoms with E-state index in [1.165, 1.54) is 11.3 Å². The third-order valence-corrected chi connectivity index (χ3v) is 5.26. The van der Waals surface area contributed by atoms with Gasteiger partial charge < -0.3 is 4.42 Å². The molecule has 0 aliphatic carbocycles. The Kier molecular flexibility index (Phi) is 4.33. The molecule has 0 bridgehead atoms. The second kappa shape index (κ2) is 6.81.